The summed E-state index contributed by atoms with van der Waals surface area (Å²) in [6.45, 7) is 2.24. The van der Waals surface area contributed by atoms with Crippen molar-refractivity contribution in [3.63, 3.8) is 0 Å². The average Bonchev–Trinajstić information content (AvgIpc) is 3.03. The number of hydrogen-bond donors (Lipinski definition) is 0. The molecule has 8 nitrogen and oxygen atoms in total. The highest BCUT2D eigenvalue weighted by Gasteiger charge is 2.27. The number of esters is 1. The number of hydrogen-bond acceptors (Lipinski definition) is 7. The third kappa shape index (κ3) is 3.81. The number of methoxy groups -OCH3 is 1. The van der Waals surface area contributed by atoms with Gasteiger partial charge in [-0.15, -0.1) is 0 Å². The van der Waals surface area contributed by atoms with Crippen molar-refractivity contribution in [3.05, 3.63) is 68.4 Å². The van der Waals surface area contributed by atoms with Gasteiger partial charge >= 0.3 is 5.97 Å². The van der Waals surface area contributed by atoms with Crippen LogP contribution in [0.5, 0.6) is 11.5 Å². The lowest BCUT2D eigenvalue weighted by Gasteiger charge is -2.11. The second kappa shape index (κ2) is 8.10. The van der Waals surface area contributed by atoms with Gasteiger partial charge in [0.2, 0.25) is 5.90 Å². The number of halogens is 1. The molecule has 0 radical (unpaired) electrons. The van der Waals surface area contributed by atoms with Crippen LogP contribution in [-0.4, -0.2) is 30.5 Å². The minimum Gasteiger partial charge on any atom is -0.493 e. The molecular formula is C19H15ClN2O6. The van der Waals surface area contributed by atoms with Crippen LogP contribution >= 0.6 is 11.6 Å². The maximum absolute atomic E-state index is 12.2. The molecule has 9 heteroatoms. The Morgan fingerprint density at radius 3 is 2.75 bits per heavy atom. The fourth-order valence-electron chi connectivity index (χ4n) is 2.57. The average molecular weight is 403 g/mol. The Kier molecular flexibility index (Phi) is 5.60. The second-order valence-electron chi connectivity index (χ2n) is 5.57. The van der Waals surface area contributed by atoms with Crippen molar-refractivity contribution in [1.82, 2.24) is 0 Å². The molecule has 0 saturated heterocycles. The standard InChI is InChI=1S/C19H15ClN2O6/c1-3-27-17-11(5-4-6-16(17)26-2)9-15-19(23)28-18(21-15)13-8-7-12(22(24)25)10-14(13)20/h4-10H,3H2,1-2H3/b15-9-. The first-order valence-corrected chi connectivity index (χ1v) is 8.59. The first-order chi connectivity index (χ1) is 13.4. The Hall–Kier alpha value is -3.39. The summed E-state index contributed by atoms with van der Waals surface area (Å²) in [4.78, 5) is 26.7. The smallest absolute Gasteiger partial charge is 0.363 e. The minimum atomic E-state index is -0.672. The molecule has 0 saturated carbocycles. The van der Waals surface area contributed by atoms with E-state index in [0.29, 0.717) is 23.7 Å². The van der Waals surface area contributed by atoms with Gasteiger partial charge in [0.1, 0.15) is 0 Å². The zero-order valence-corrected chi connectivity index (χ0v) is 15.7. The van der Waals surface area contributed by atoms with Crippen LogP contribution in [0.2, 0.25) is 5.02 Å². The molecule has 28 heavy (non-hydrogen) atoms. The summed E-state index contributed by atoms with van der Waals surface area (Å²) >= 11 is 6.08. The Morgan fingerprint density at radius 1 is 1.32 bits per heavy atom. The Balaban J connectivity index is 2.00. The van der Waals surface area contributed by atoms with Gasteiger partial charge in [-0.25, -0.2) is 9.79 Å². The van der Waals surface area contributed by atoms with Crippen molar-refractivity contribution in [3.8, 4) is 11.5 Å². The van der Waals surface area contributed by atoms with E-state index in [9.17, 15) is 14.9 Å². The fraction of sp³-hybridized carbons (Fsp3) is 0.158. The molecular weight excluding hydrogens is 388 g/mol. The molecule has 1 aliphatic rings. The molecule has 1 aliphatic heterocycles. The molecule has 0 N–H and O–H groups in total. The zero-order valence-electron chi connectivity index (χ0n) is 15.0. The van der Waals surface area contributed by atoms with E-state index in [2.05, 4.69) is 4.99 Å². The van der Waals surface area contributed by atoms with Crippen molar-refractivity contribution < 1.29 is 23.9 Å². The Morgan fingerprint density at radius 2 is 2.11 bits per heavy atom. The molecule has 0 aliphatic carbocycles. The van der Waals surface area contributed by atoms with Gasteiger partial charge in [0.15, 0.2) is 17.2 Å². The summed E-state index contributed by atoms with van der Waals surface area (Å²) < 4.78 is 16.1. The molecule has 2 aromatic rings. The van der Waals surface area contributed by atoms with E-state index in [1.807, 2.05) is 6.92 Å². The molecule has 0 aromatic heterocycles. The van der Waals surface area contributed by atoms with Gasteiger partial charge in [0.05, 0.1) is 29.2 Å². The second-order valence-corrected chi connectivity index (χ2v) is 5.98. The molecule has 0 bridgehead atoms. The normalized spacial score (nSPS) is 14.6. The number of carbonyl (C=O) groups is 1. The van der Waals surface area contributed by atoms with Gasteiger partial charge in [-0.3, -0.25) is 10.1 Å². The van der Waals surface area contributed by atoms with Crippen LogP contribution in [0.1, 0.15) is 18.1 Å². The lowest BCUT2D eigenvalue weighted by molar-refractivity contribution is -0.384. The molecule has 2 aromatic carbocycles. The number of carbonyl (C=O) groups excluding carboxylic acids is 1. The predicted octanol–water partition coefficient (Wildman–Crippen LogP) is 4.00. The van der Waals surface area contributed by atoms with E-state index < -0.39 is 10.9 Å². The summed E-state index contributed by atoms with van der Waals surface area (Å²) in [6.07, 6.45) is 1.52. The largest absolute Gasteiger partial charge is 0.493 e. The van der Waals surface area contributed by atoms with E-state index in [1.165, 1.54) is 31.4 Å². The molecule has 0 atom stereocenters. The lowest BCUT2D eigenvalue weighted by Crippen LogP contribution is -2.06. The number of nitro groups is 1. The quantitative estimate of drug-likeness (QED) is 0.313. The fourth-order valence-corrected chi connectivity index (χ4v) is 2.82. The highest BCUT2D eigenvalue weighted by atomic mass is 35.5. The van der Waals surface area contributed by atoms with E-state index >= 15 is 0 Å². The molecule has 0 fully saturated rings. The first kappa shape index (κ1) is 19.4. The molecule has 1 heterocycles. The van der Waals surface area contributed by atoms with Gasteiger partial charge in [-0.2, -0.15) is 0 Å². The van der Waals surface area contributed by atoms with Crippen molar-refractivity contribution >= 4 is 35.2 Å². The molecule has 144 valence electrons. The van der Waals surface area contributed by atoms with Crippen LogP contribution < -0.4 is 9.47 Å². The number of para-hydroxylation sites is 1. The van der Waals surface area contributed by atoms with Crippen molar-refractivity contribution in [2.45, 2.75) is 6.92 Å². The number of benzene rings is 2. The third-order valence-corrected chi connectivity index (χ3v) is 4.14. The van der Waals surface area contributed by atoms with Gasteiger partial charge in [0, 0.05) is 17.7 Å². The number of non-ortho nitro benzene ring substituents is 1. The van der Waals surface area contributed by atoms with Crippen molar-refractivity contribution in [2.75, 3.05) is 13.7 Å². The van der Waals surface area contributed by atoms with Crippen molar-refractivity contribution in [2.24, 2.45) is 4.99 Å². The van der Waals surface area contributed by atoms with Crippen LogP contribution in [0, 0.1) is 10.1 Å². The van der Waals surface area contributed by atoms with Crippen LogP contribution in [0.25, 0.3) is 6.08 Å². The number of ether oxygens (including phenoxy) is 3. The monoisotopic (exact) mass is 402 g/mol. The third-order valence-electron chi connectivity index (χ3n) is 3.82. The minimum absolute atomic E-state index is 0.0306. The number of nitrogens with zero attached hydrogens (tertiary/aromatic N) is 2. The summed E-state index contributed by atoms with van der Waals surface area (Å²) in [7, 11) is 1.52. The molecule has 0 amide bonds. The first-order valence-electron chi connectivity index (χ1n) is 8.21. The summed E-state index contributed by atoms with van der Waals surface area (Å²) in [5.74, 6) is 0.293. The Bertz CT molecular complexity index is 1020. The topological polar surface area (TPSA) is 100 Å². The lowest BCUT2D eigenvalue weighted by atomic mass is 10.1. The summed E-state index contributed by atoms with van der Waals surface area (Å²) in [5, 5.41) is 10.9. The molecule has 3 rings (SSSR count). The number of rotatable bonds is 6. The maximum Gasteiger partial charge on any atom is 0.363 e. The van der Waals surface area contributed by atoms with E-state index in [4.69, 9.17) is 25.8 Å². The number of cyclic esters (lactones) is 1. The number of aliphatic imine (C=N–C) groups is 1. The summed E-state index contributed by atoms with van der Waals surface area (Å²) in [5.41, 5.74) is 0.735. The van der Waals surface area contributed by atoms with E-state index in [1.54, 1.807) is 18.2 Å². The zero-order chi connectivity index (χ0) is 20.3. The van der Waals surface area contributed by atoms with Crippen molar-refractivity contribution in [1.29, 1.82) is 0 Å². The van der Waals surface area contributed by atoms with Crippen LogP contribution in [0.15, 0.2) is 47.1 Å². The van der Waals surface area contributed by atoms with Gasteiger partial charge in [-0.1, -0.05) is 23.7 Å². The predicted molar refractivity (Wildman–Crippen MR) is 103 cm³/mol. The van der Waals surface area contributed by atoms with Gasteiger partial charge in [-0.05, 0) is 25.1 Å². The van der Waals surface area contributed by atoms with E-state index in [0.717, 1.165) is 0 Å². The van der Waals surface area contributed by atoms with Gasteiger partial charge < -0.3 is 14.2 Å². The van der Waals surface area contributed by atoms with Crippen LogP contribution in [0.3, 0.4) is 0 Å². The summed E-state index contributed by atoms with van der Waals surface area (Å²) in [6, 6.07) is 9.06. The SMILES string of the molecule is CCOc1c(/C=C2\N=C(c3ccc([N+](=O)[O-])cc3Cl)OC2=O)cccc1OC. The maximum atomic E-state index is 12.2. The van der Waals surface area contributed by atoms with Crippen LogP contribution in [-0.2, 0) is 9.53 Å². The molecule has 0 spiro atoms. The Labute approximate surface area is 165 Å². The highest BCUT2D eigenvalue weighted by molar-refractivity contribution is 6.34. The number of nitro benzene ring substituents is 1. The molecule has 0 unspecified atom stereocenters. The van der Waals surface area contributed by atoms with E-state index in [-0.39, 0.29) is 27.9 Å². The van der Waals surface area contributed by atoms with Gasteiger partial charge in [0.25, 0.3) is 5.69 Å². The highest BCUT2D eigenvalue weighted by Crippen LogP contribution is 2.34. The van der Waals surface area contributed by atoms with Crippen LogP contribution in [0.4, 0.5) is 5.69 Å².